The Kier molecular flexibility index (Phi) is 3.60. The lowest BCUT2D eigenvalue weighted by Gasteiger charge is -2.28. The van der Waals surface area contributed by atoms with Crippen LogP contribution >= 0.6 is 0 Å². The summed E-state index contributed by atoms with van der Waals surface area (Å²) in [7, 11) is -1.97. The molecular weight excluding hydrogens is 296 g/mol. The van der Waals surface area contributed by atoms with E-state index in [1.54, 1.807) is 13.1 Å². The van der Waals surface area contributed by atoms with Crippen LogP contribution in [0, 0.1) is 0 Å². The van der Waals surface area contributed by atoms with Crippen molar-refractivity contribution >= 4 is 21.6 Å². The minimum Gasteiger partial charge on any atom is -0.482 e. The number of anilines is 1. The second-order valence-corrected chi connectivity index (χ2v) is 6.83. The second kappa shape index (κ2) is 5.28. The van der Waals surface area contributed by atoms with Gasteiger partial charge in [-0.3, -0.25) is 4.79 Å². The molecule has 0 aliphatic carbocycles. The van der Waals surface area contributed by atoms with Crippen LogP contribution in [0.2, 0.25) is 0 Å². The van der Waals surface area contributed by atoms with Crippen LogP contribution in [0.3, 0.4) is 0 Å². The molecule has 0 atom stereocenters. The first-order chi connectivity index (χ1) is 10.00. The minimum atomic E-state index is -3.58. The van der Waals surface area contributed by atoms with Crippen LogP contribution in [0.25, 0.3) is 0 Å². The summed E-state index contributed by atoms with van der Waals surface area (Å²) in [5.74, 6) is 0.307. The Hall–Kier alpha value is -1.64. The van der Waals surface area contributed by atoms with Crippen LogP contribution in [0.4, 0.5) is 5.69 Å². The maximum Gasteiger partial charge on any atom is 0.264 e. The maximum absolute atomic E-state index is 12.6. The maximum atomic E-state index is 12.6. The molecule has 2 aliphatic heterocycles. The summed E-state index contributed by atoms with van der Waals surface area (Å²) in [6.45, 7) is 1.44. The molecule has 8 heteroatoms. The smallest absolute Gasteiger partial charge is 0.264 e. The van der Waals surface area contributed by atoms with Crippen molar-refractivity contribution in [1.29, 1.82) is 0 Å². The Morgan fingerprint density at radius 1 is 1.19 bits per heavy atom. The second-order valence-electron chi connectivity index (χ2n) is 4.89. The number of amides is 1. The number of fused-ring (bicyclic) bond motifs is 1. The summed E-state index contributed by atoms with van der Waals surface area (Å²) in [6.07, 6.45) is 0. The average molecular weight is 312 g/mol. The third kappa shape index (κ3) is 2.50. The molecule has 114 valence electrons. The molecule has 1 saturated heterocycles. The number of sulfonamides is 1. The lowest BCUT2D eigenvalue weighted by Crippen LogP contribution is -2.41. The average Bonchev–Trinajstić information content (AvgIpc) is 2.51. The van der Waals surface area contributed by atoms with E-state index in [-0.39, 0.29) is 17.4 Å². The number of benzene rings is 1. The molecule has 21 heavy (non-hydrogen) atoms. The molecule has 0 N–H and O–H groups in total. The van der Waals surface area contributed by atoms with Crippen LogP contribution in [0.15, 0.2) is 23.1 Å². The van der Waals surface area contributed by atoms with E-state index in [2.05, 4.69) is 0 Å². The summed E-state index contributed by atoms with van der Waals surface area (Å²) < 4.78 is 37.0. The van der Waals surface area contributed by atoms with Crippen molar-refractivity contribution in [2.24, 2.45) is 0 Å². The molecule has 0 unspecified atom stereocenters. The fourth-order valence-electron chi connectivity index (χ4n) is 2.35. The lowest BCUT2D eigenvalue weighted by molar-refractivity contribution is -0.120. The van der Waals surface area contributed by atoms with Gasteiger partial charge in [0.1, 0.15) is 5.75 Å². The van der Waals surface area contributed by atoms with Crippen molar-refractivity contribution in [3.63, 3.8) is 0 Å². The highest BCUT2D eigenvalue weighted by atomic mass is 32.2. The molecule has 0 aromatic heterocycles. The Bertz CT molecular complexity index is 667. The van der Waals surface area contributed by atoms with E-state index < -0.39 is 10.0 Å². The number of carbonyl (C=O) groups is 1. The summed E-state index contributed by atoms with van der Waals surface area (Å²) in [5.41, 5.74) is 0.473. The van der Waals surface area contributed by atoms with Crippen molar-refractivity contribution in [3.8, 4) is 5.75 Å². The van der Waals surface area contributed by atoms with E-state index in [1.165, 1.54) is 21.3 Å². The van der Waals surface area contributed by atoms with E-state index in [0.29, 0.717) is 37.7 Å². The topological polar surface area (TPSA) is 76.2 Å². The van der Waals surface area contributed by atoms with Crippen molar-refractivity contribution < 1.29 is 22.7 Å². The molecule has 3 rings (SSSR count). The largest absolute Gasteiger partial charge is 0.482 e. The zero-order valence-electron chi connectivity index (χ0n) is 11.6. The normalized spacial score (nSPS) is 20.0. The predicted octanol–water partition coefficient (Wildman–Crippen LogP) is 0.0627. The first-order valence-corrected chi connectivity index (χ1v) is 8.05. The Labute approximate surface area is 123 Å². The third-order valence-corrected chi connectivity index (χ3v) is 5.52. The minimum absolute atomic E-state index is 0.0287. The van der Waals surface area contributed by atoms with Crippen LogP contribution in [0.1, 0.15) is 0 Å². The fourth-order valence-corrected chi connectivity index (χ4v) is 3.78. The molecule has 0 spiro atoms. The summed E-state index contributed by atoms with van der Waals surface area (Å²) in [4.78, 5) is 13.2. The number of carbonyl (C=O) groups excluding carboxylic acids is 1. The zero-order valence-corrected chi connectivity index (χ0v) is 12.4. The number of nitrogens with zero attached hydrogens (tertiary/aromatic N) is 2. The summed E-state index contributed by atoms with van der Waals surface area (Å²) in [5, 5.41) is 0. The molecular formula is C13H16N2O5S. The predicted molar refractivity (Wildman–Crippen MR) is 74.9 cm³/mol. The van der Waals surface area contributed by atoms with Crippen molar-refractivity contribution in [2.75, 3.05) is 44.9 Å². The number of hydrogen-bond donors (Lipinski definition) is 0. The van der Waals surface area contributed by atoms with Gasteiger partial charge in [0.15, 0.2) is 6.61 Å². The van der Waals surface area contributed by atoms with E-state index in [4.69, 9.17) is 9.47 Å². The van der Waals surface area contributed by atoms with Gasteiger partial charge in [0.05, 0.1) is 23.8 Å². The summed E-state index contributed by atoms with van der Waals surface area (Å²) in [6, 6.07) is 4.58. The molecule has 0 radical (unpaired) electrons. The number of likely N-dealkylation sites (N-methyl/N-ethyl adjacent to an activating group) is 1. The molecule has 0 saturated carbocycles. The fraction of sp³-hybridized carbons (Fsp3) is 0.462. The molecule has 1 amide bonds. The molecule has 7 nitrogen and oxygen atoms in total. The number of hydrogen-bond acceptors (Lipinski definition) is 5. The molecule has 2 heterocycles. The SMILES string of the molecule is CN1C(=O)COc2ccc(S(=O)(=O)N3CCOCC3)cc21. The number of morpholine rings is 1. The van der Waals surface area contributed by atoms with Gasteiger partial charge < -0.3 is 14.4 Å². The monoisotopic (exact) mass is 312 g/mol. The first kappa shape index (κ1) is 14.3. The quantitative estimate of drug-likeness (QED) is 0.772. The van der Waals surface area contributed by atoms with Crippen LogP contribution < -0.4 is 9.64 Å². The highest BCUT2D eigenvalue weighted by Gasteiger charge is 2.29. The highest BCUT2D eigenvalue weighted by Crippen LogP contribution is 2.34. The summed E-state index contributed by atoms with van der Waals surface area (Å²) >= 11 is 0. The van der Waals surface area contributed by atoms with Gasteiger partial charge in [0.25, 0.3) is 5.91 Å². The molecule has 2 aliphatic rings. The van der Waals surface area contributed by atoms with E-state index >= 15 is 0 Å². The van der Waals surface area contributed by atoms with Crippen molar-refractivity contribution in [2.45, 2.75) is 4.90 Å². The van der Waals surface area contributed by atoms with Gasteiger partial charge in [-0.25, -0.2) is 8.42 Å². The highest BCUT2D eigenvalue weighted by molar-refractivity contribution is 7.89. The Balaban J connectivity index is 1.98. The van der Waals surface area contributed by atoms with E-state index in [9.17, 15) is 13.2 Å². The van der Waals surface area contributed by atoms with E-state index in [1.807, 2.05) is 0 Å². The van der Waals surface area contributed by atoms with E-state index in [0.717, 1.165) is 0 Å². The van der Waals surface area contributed by atoms with Gasteiger partial charge in [0, 0.05) is 20.1 Å². The molecule has 1 fully saturated rings. The first-order valence-electron chi connectivity index (χ1n) is 6.61. The van der Waals surface area contributed by atoms with Gasteiger partial charge in [-0.1, -0.05) is 0 Å². The van der Waals surface area contributed by atoms with Crippen LogP contribution in [-0.2, 0) is 19.6 Å². The van der Waals surface area contributed by atoms with Gasteiger partial charge in [0.2, 0.25) is 10.0 Å². The third-order valence-electron chi connectivity index (χ3n) is 3.62. The van der Waals surface area contributed by atoms with Crippen molar-refractivity contribution in [1.82, 2.24) is 4.31 Å². The van der Waals surface area contributed by atoms with Gasteiger partial charge in [-0.2, -0.15) is 4.31 Å². The standard InChI is InChI=1S/C13H16N2O5S/c1-14-11-8-10(2-3-12(11)20-9-13(14)16)21(17,18)15-4-6-19-7-5-15/h2-3,8H,4-7,9H2,1H3. The van der Waals surface area contributed by atoms with Gasteiger partial charge in [-0.15, -0.1) is 0 Å². The van der Waals surface area contributed by atoms with Crippen LogP contribution in [-0.4, -0.2) is 58.6 Å². The Morgan fingerprint density at radius 2 is 1.90 bits per heavy atom. The molecule has 1 aromatic rings. The molecule has 0 bridgehead atoms. The Morgan fingerprint density at radius 3 is 2.62 bits per heavy atom. The number of rotatable bonds is 2. The van der Waals surface area contributed by atoms with Gasteiger partial charge >= 0.3 is 0 Å². The van der Waals surface area contributed by atoms with Crippen LogP contribution in [0.5, 0.6) is 5.75 Å². The molecule has 1 aromatic carbocycles. The lowest BCUT2D eigenvalue weighted by atomic mass is 10.2. The number of ether oxygens (including phenoxy) is 2. The zero-order chi connectivity index (χ0) is 15.0. The van der Waals surface area contributed by atoms with Gasteiger partial charge in [-0.05, 0) is 18.2 Å². The van der Waals surface area contributed by atoms with Crippen molar-refractivity contribution in [3.05, 3.63) is 18.2 Å².